The average Bonchev–Trinajstić information content (AvgIpc) is 2.99. The molecule has 0 aromatic heterocycles. The summed E-state index contributed by atoms with van der Waals surface area (Å²) in [5, 5.41) is 0. The van der Waals surface area contributed by atoms with E-state index in [9.17, 15) is 35.5 Å². The first-order valence-electron chi connectivity index (χ1n) is 11.7. The number of alkyl halides is 6. The van der Waals surface area contributed by atoms with Crippen LogP contribution in [0.1, 0.15) is 46.1 Å². The van der Waals surface area contributed by atoms with E-state index in [0.29, 0.717) is 5.69 Å². The molecule has 0 spiro atoms. The van der Waals surface area contributed by atoms with Crippen molar-refractivity contribution >= 4 is 29.1 Å². The highest BCUT2D eigenvalue weighted by molar-refractivity contribution is 8.00. The van der Waals surface area contributed by atoms with Crippen LogP contribution in [-0.4, -0.2) is 37.7 Å². The molecule has 1 aliphatic rings. The first-order valence-corrected chi connectivity index (χ1v) is 12.5. The molecule has 1 heterocycles. The number of halogens is 7. The zero-order valence-electron chi connectivity index (χ0n) is 21.6. The molecule has 212 valence electrons. The fourth-order valence-electron chi connectivity index (χ4n) is 3.23. The van der Waals surface area contributed by atoms with E-state index in [4.69, 9.17) is 4.74 Å². The van der Waals surface area contributed by atoms with Gasteiger partial charge in [-0.1, -0.05) is 18.7 Å². The van der Waals surface area contributed by atoms with Crippen LogP contribution in [0.15, 0.2) is 41.3 Å². The van der Waals surface area contributed by atoms with Gasteiger partial charge in [0.2, 0.25) is 5.92 Å². The lowest BCUT2D eigenvalue weighted by molar-refractivity contribution is -0.152. The summed E-state index contributed by atoms with van der Waals surface area (Å²) in [7, 11) is 1.18. The van der Waals surface area contributed by atoms with Gasteiger partial charge in [0.05, 0.1) is 23.8 Å². The maximum atomic E-state index is 14.4. The van der Waals surface area contributed by atoms with E-state index in [2.05, 4.69) is 4.74 Å². The number of nitrogens with zero attached hydrogens (tertiary/aromatic N) is 1. The predicted octanol–water partition coefficient (Wildman–Crippen LogP) is 8.40. The van der Waals surface area contributed by atoms with Gasteiger partial charge in [0.25, 0.3) is 0 Å². The van der Waals surface area contributed by atoms with Crippen molar-refractivity contribution < 1.29 is 45.0 Å². The lowest BCUT2D eigenvalue weighted by Crippen LogP contribution is -2.32. The quantitative estimate of drug-likeness (QED) is 0.258. The van der Waals surface area contributed by atoms with E-state index in [1.165, 1.54) is 57.0 Å². The molecule has 0 fully saturated rings. The van der Waals surface area contributed by atoms with Crippen LogP contribution in [0.4, 0.5) is 42.1 Å². The maximum Gasteiger partial charge on any atom is 0.420 e. The Kier molecular flexibility index (Phi) is 10.4. The van der Waals surface area contributed by atoms with E-state index in [1.54, 1.807) is 0 Å². The summed E-state index contributed by atoms with van der Waals surface area (Å²) in [6.07, 6.45) is -4.77. The number of anilines is 2. The topological polar surface area (TPSA) is 38.8 Å². The first kappa shape index (κ1) is 31.6. The molecule has 1 unspecified atom stereocenters. The number of hydrogen-bond acceptors (Lipinski definition) is 5. The number of esters is 1. The van der Waals surface area contributed by atoms with Crippen molar-refractivity contribution in [2.75, 3.05) is 25.2 Å². The van der Waals surface area contributed by atoms with Crippen molar-refractivity contribution in [2.24, 2.45) is 5.41 Å². The molecule has 0 N–H and O–H groups in total. The minimum absolute atomic E-state index is 0.0592. The average molecular weight is 570 g/mol. The predicted molar refractivity (Wildman–Crippen MR) is 132 cm³/mol. The van der Waals surface area contributed by atoms with Crippen LogP contribution in [0.3, 0.4) is 0 Å². The van der Waals surface area contributed by atoms with Gasteiger partial charge in [0.1, 0.15) is 18.2 Å². The third kappa shape index (κ3) is 8.71. The number of hydrogen-bond donors (Lipinski definition) is 0. The molecule has 3 rings (SSSR count). The van der Waals surface area contributed by atoms with Crippen LogP contribution in [0.5, 0.6) is 5.75 Å². The van der Waals surface area contributed by atoms with Gasteiger partial charge in [-0.2, -0.15) is 13.2 Å². The molecule has 0 aliphatic carbocycles. The van der Waals surface area contributed by atoms with Gasteiger partial charge in [-0.3, -0.25) is 4.79 Å². The summed E-state index contributed by atoms with van der Waals surface area (Å²) in [5.41, 5.74) is -3.01. The van der Waals surface area contributed by atoms with Crippen LogP contribution in [0.2, 0.25) is 0 Å². The lowest BCUT2D eigenvalue weighted by Gasteiger charge is -2.27. The van der Waals surface area contributed by atoms with Gasteiger partial charge in [0.15, 0.2) is 5.50 Å². The Morgan fingerprint density at radius 1 is 1.08 bits per heavy atom. The van der Waals surface area contributed by atoms with Crippen molar-refractivity contribution in [1.82, 2.24) is 0 Å². The zero-order chi connectivity index (χ0) is 28.9. The van der Waals surface area contributed by atoms with Crippen LogP contribution >= 0.6 is 11.8 Å². The Morgan fingerprint density at radius 3 is 2.16 bits per heavy atom. The van der Waals surface area contributed by atoms with Crippen LogP contribution in [-0.2, 0) is 15.7 Å². The molecule has 12 heteroatoms. The normalized spacial score (nSPS) is 16.1. The number of carbonyl (C=O) groups excluding carboxylic acids is 1. The van der Waals surface area contributed by atoms with Gasteiger partial charge < -0.3 is 14.4 Å². The minimum atomic E-state index is -4.76. The van der Waals surface area contributed by atoms with E-state index in [1.807, 2.05) is 0 Å². The Labute approximate surface area is 221 Å². The maximum absolute atomic E-state index is 14.4. The number of carbonyl (C=O) groups is 1. The number of thioether (sulfide) groups is 1. The number of rotatable bonds is 6. The standard InChI is InChI=1S/C22H22F5NO3S.C4H8F2/c1-21(2,20(29)30-3)12-31-17-11-18-16(10-15(17)22(25,26)27)28(9-8-19(24)32-18)14-6-4-13(23)5-7-14;1-3-4(2,5)6/h4-7,10-11,19H,8-9,12H2,1-3H3;3H2,1-2H3. The molecule has 0 saturated heterocycles. The van der Waals surface area contributed by atoms with Crippen molar-refractivity contribution in [3.8, 4) is 5.75 Å². The Morgan fingerprint density at radius 2 is 1.66 bits per heavy atom. The summed E-state index contributed by atoms with van der Waals surface area (Å²) in [4.78, 5) is 13.6. The summed E-state index contributed by atoms with van der Waals surface area (Å²) in [6, 6.07) is 7.29. The highest BCUT2D eigenvalue weighted by atomic mass is 32.2. The second kappa shape index (κ2) is 12.5. The second-order valence-electron chi connectivity index (χ2n) is 9.35. The molecular weight excluding hydrogens is 539 g/mol. The lowest BCUT2D eigenvalue weighted by atomic mass is 9.95. The van der Waals surface area contributed by atoms with Gasteiger partial charge >= 0.3 is 12.1 Å². The SMILES string of the molecule is CCC(C)(F)F.COC(=O)C(C)(C)COc1cc2c(cc1C(F)(F)F)N(c1ccc(F)cc1)CCC(F)S2. The first-order chi connectivity index (χ1) is 17.5. The molecule has 1 atom stereocenters. The summed E-state index contributed by atoms with van der Waals surface area (Å²) in [6.45, 7) is 5.08. The molecule has 38 heavy (non-hydrogen) atoms. The summed E-state index contributed by atoms with van der Waals surface area (Å²) >= 11 is 0.791. The fraction of sp³-hybridized carbons (Fsp3) is 0.500. The molecule has 2 aromatic rings. The molecule has 2 aromatic carbocycles. The molecule has 0 radical (unpaired) electrons. The number of fused-ring (bicyclic) bond motifs is 1. The van der Waals surface area contributed by atoms with Crippen molar-refractivity contribution in [1.29, 1.82) is 0 Å². The van der Waals surface area contributed by atoms with Gasteiger partial charge in [-0.05, 0) is 57.2 Å². The smallest absolute Gasteiger partial charge is 0.420 e. The van der Waals surface area contributed by atoms with E-state index >= 15 is 0 Å². The van der Waals surface area contributed by atoms with Crippen molar-refractivity contribution in [3.63, 3.8) is 0 Å². The second-order valence-corrected chi connectivity index (χ2v) is 10.5. The molecular formula is C26H30F7NO3S. The van der Waals surface area contributed by atoms with E-state index < -0.39 is 46.1 Å². The monoisotopic (exact) mass is 569 g/mol. The Balaban J connectivity index is 0.000000757. The van der Waals surface area contributed by atoms with Gasteiger partial charge in [-0.25, -0.2) is 17.6 Å². The molecule has 0 bridgehead atoms. The largest absolute Gasteiger partial charge is 0.492 e. The highest BCUT2D eigenvalue weighted by Gasteiger charge is 2.38. The Bertz CT molecular complexity index is 1090. The fourth-order valence-corrected chi connectivity index (χ4v) is 4.19. The molecule has 1 aliphatic heterocycles. The van der Waals surface area contributed by atoms with Crippen molar-refractivity contribution in [3.05, 3.63) is 47.8 Å². The molecule has 0 saturated carbocycles. The zero-order valence-corrected chi connectivity index (χ0v) is 22.4. The van der Waals surface area contributed by atoms with Crippen LogP contribution in [0, 0.1) is 11.2 Å². The number of methoxy groups -OCH3 is 1. The highest BCUT2D eigenvalue weighted by Crippen LogP contribution is 2.48. The third-order valence-electron chi connectivity index (χ3n) is 5.58. The summed E-state index contributed by atoms with van der Waals surface area (Å²) < 4.78 is 102. The van der Waals surface area contributed by atoms with E-state index in [-0.39, 0.29) is 36.6 Å². The van der Waals surface area contributed by atoms with Gasteiger partial charge in [0, 0.05) is 30.0 Å². The number of benzene rings is 2. The van der Waals surface area contributed by atoms with Crippen LogP contribution < -0.4 is 9.64 Å². The van der Waals surface area contributed by atoms with Gasteiger partial charge in [-0.15, -0.1) is 0 Å². The minimum Gasteiger partial charge on any atom is -0.492 e. The van der Waals surface area contributed by atoms with E-state index in [0.717, 1.165) is 30.8 Å². The third-order valence-corrected chi connectivity index (χ3v) is 6.65. The van der Waals surface area contributed by atoms with Crippen LogP contribution in [0.25, 0.3) is 0 Å². The number of ether oxygens (including phenoxy) is 2. The summed E-state index contributed by atoms with van der Waals surface area (Å²) in [5.74, 6) is -4.09. The molecule has 0 amide bonds. The molecule has 4 nitrogen and oxygen atoms in total. The van der Waals surface area contributed by atoms with Crippen molar-refractivity contribution in [2.45, 2.75) is 63.0 Å². The Hall–Kier alpha value is -2.63.